The Morgan fingerprint density at radius 3 is 2.82 bits per heavy atom. The highest BCUT2D eigenvalue weighted by atomic mass is 32.2. The third-order valence-corrected chi connectivity index (χ3v) is 3.50. The summed E-state index contributed by atoms with van der Waals surface area (Å²) in [6, 6.07) is 7.75. The summed E-state index contributed by atoms with van der Waals surface area (Å²) in [5.74, 6) is 1.04. The number of nitrogens with zero attached hydrogens (tertiary/aromatic N) is 1. The number of thioether (sulfide) groups is 1. The maximum absolute atomic E-state index is 11.9. The number of carbonyl (C=O) groups is 1. The molecule has 1 aromatic carbocycles. The number of hydrogen-bond acceptors (Lipinski definition) is 3. The van der Waals surface area contributed by atoms with Crippen molar-refractivity contribution in [3.05, 3.63) is 29.8 Å². The van der Waals surface area contributed by atoms with E-state index in [2.05, 4.69) is 0 Å². The maximum Gasteiger partial charge on any atom is 0.223 e. The van der Waals surface area contributed by atoms with Gasteiger partial charge in [0.2, 0.25) is 5.91 Å². The molecule has 0 spiro atoms. The van der Waals surface area contributed by atoms with Crippen LogP contribution in [0.2, 0.25) is 0 Å². The fraction of sp³-hybridized carbons (Fsp3) is 0.462. The van der Waals surface area contributed by atoms with Crippen molar-refractivity contribution in [1.82, 2.24) is 4.90 Å². The lowest BCUT2D eigenvalue weighted by molar-refractivity contribution is -0.131. The molecule has 0 bridgehead atoms. The van der Waals surface area contributed by atoms with Crippen LogP contribution in [0.5, 0.6) is 0 Å². The Labute approximate surface area is 107 Å². The van der Waals surface area contributed by atoms with E-state index in [1.807, 2.05) is 44.5 Å². The molecule has 1 unspecified atom stereocenters. The molecule has 4 heteroatoms. The van der Waals surface area contributed by atoms with Gasteiger partial charge in [-0.1, -0.05) is 12.1 Å². The predicted octanol–water partition coefficient (Wildman–Crippen LogP) is 2.54. The molecule has 0 radical (unpaired) electrons. The number of amides is 1. The van der Waals surface area contributed by atoms with Crippen LogP contribution in [0, 0.1) is 0 Å². The predicted molar refractivity (Wildman–Crippen MR) is 75.0 cm³/mol. The van der Waals surface area contributed by atoms with E-state index >= 15 is 0 Å². The summed E-state index contributed by atoms with van der Waals surface area (Å²) in [7, 11) is 1.84. The lowest BCUT2D eigenvalue weighted by atomic mass is 10.1. The van der Waals surface area contributed by atoms with E-state index in [1.54, 1.807) is 16.7 Å². The highest BCUT2D eigenvalue weighted by molar-refractivity contribution is 7.98. The van der Waals surface area contributed by atoms with Crippen LogP contribution < -0.4 is 5.73 Å². The standard InChI is InChI=1S/C13H20N2OS/c1-10(11-5-4-6-12(14)9-11)15(2)13(16)7-8-17-3/h4-6,9-10H,7-8,14H2,1-3H3. The fourth-order valence-electron chi connectivity index (χ4n) is 1.62. The van der Waals surface area contributed by atoms with Crippen molar-refractivity contribution < 1.29 is 4.79 Å². The first-order chi connectivity index (χ1) is 8.06. The van der Waals surface area contributed by atoms with Crippen LogP contribution in [0.3, 0.4) is 0 Å². The van der Waals surface area contributed by atoms with E-state index in [4.69, 9.17) is 5.73 Å². The van der Waals surface area contributed by atoms with Gasteiger partial charge in [-0.25, -0.2) is 0 Å². The first-order valence-electron chi connectivity index (χ1n) is 5.66. The summed E-state index contributed by atoms with van der Waals surface area (Å²) in [4.78, 5) is 13.7. The summed E-state index contributed by atoms with van der Waals surface area (Å²) < 4.78 is 0. The summed E-state index contributed by atoms with van der Waals surface area (Å²) >= 11 is 1.69. The average molecular weight is 252 g/mol. The van der Waals surface area contributed by atoms with Crippen LogP contribution in [0.1, 0.15) is 24.9 Å². The number of hydrogen-bond donors (Lipinski definition) is 1. The van der Waals surface area contributed by atoms with Crippen molar-refractivity contribution >= 4 is 23.4 Å². The zero-order valence-corrected chi connectivity index (χ0v) is 11.5. The molecular formula is C13H20N2OS. The summed E-state index contributed by atoms with van der Waals surface area (Å²) in [6.07, 6.45) is 2.60. The van der Waals surface area contributed by atoms with Crippen LogP contribution in [0.4, 0.5) is 5.69 Å². The molecule has 17 heavy (non-hydrogen) atoms. The van der Waals surface area contributed by atoms with Gasteiger partial charge >= 0.3 is 0 Å². The smallest absolute Gasteiger partial charge is 0.223 e. The Balaban J connectivity index is 2.69. The van der Waals surface area contributed by atoms with Crippen LogP contribution in [0.15, 0.2) is 24.3 Å². The average Bonchev–Trinajstić information content (AvgIpc) is 2.34. The second kappa shape index (κ2) is 6.55. The Bertz CT molecular complexity index is 381. The van der Waals surface area contributed by atoms with Gasteiger partial charge in [0.15, 0.2) is 0 Å². The van der Waals surface area contributed by atoms with Gasteiger partial charge in [-0.3, -0.25) is 4.79 Å². The van der Waals surface area contributed by atoms with Crippen molar-refractivity contribution in [2.24, 2.45) is 0 Å². The van der Waals surface area contributed by atoms with Crippen LogP contribution in [-0.4, -0.2) is 29.9 Å². The van der Waals surface area contributed by atoms with E-state index in [1.165, 1.54) is 0 Å². The van der Waals surface area contributed by atoms with Gasteiger partial charge in [-0.2, -0.15) is 11.8 Å². The quantitative estimate of drug-likeness (QED) is 0.819. The third kappa shape index (κ3) is 3.97. The molecule has 0 aliphatic carbocycles. The molecule has 0 fully saturated rings. The van der Waals surface area contributed by atoms with Gasteiger partial charge < -0.3 is 10.6 Å². The SMILES string of the molecule is CSCCC(=O)N(C)C(C)c1cccc(N)c1. The lowest BCUT2D eigenvalue weighted by Crippen LogP contribution is -2.29. The van der Waals surface area contributed by atoms with E-state index in [-0.39, 0.29) is 11.9 Å². The number of nitrogens with two attached hydrogens (primary N) is 1. The molecule has 3 nitrogen and oxygen atoms in total. The third-order valence-electron chi connectivity index (χ3n) is 2.89. The summed E-state index contributed by atoms with van der Waals surface area (Å²) in [6.45, 7) is 2.02. The van der Waals surface area contributed by atoms with E-state index in [0.717, 1.165) is 17.0 Å². The highest BCUT2D eigenvalue weighted by Gasteiger charge is 2.16. The number of nitrogen functional groups attached to an aromatic ring is 1. The second-order valence-electron chi connectivity index (χ2n) is 4.09. The molecule has 94 valence electrons. The number of carbonyl (C=O) groups excluding carboxylic acids is 1. The van der Waals surface area contributed by atoms with Gasteiger partial charge in [0.25, 0.3) is 0 Å². The molecular weight excluding hydrogens is 232 g/mol. The minimum Gasteiger partial charge on any atom is -0.399 e. The van der Waals surface area contributed by atoms with Crippen molar-refractivity contribution in [2.75, 3.05) is 24.8 Å². The zero-order valence-electron chi connectivity index (χ0n) is 10.6. The normalized spacial score (nSPS) is 12.2. The molecule has 0 saturated carbocycles. The highest BCUT2D eigenvalue weighted by Crippen LogP contribution is 2.21. The lowest BCUT2D eigenvalue weighted by Gasteiger charge is -2.25. The molecule has 0 aliphatic rings. The maximum atomic E-state index is 11.9. The van der Waals surface area contributed by atoms with E-state index < -0.39 is 0 Å². The summed E-state index contributed by atoms with van der Waals surface area (Å²) in [5, 5.41) is 0. The molecule has 0 aromatic heterocycles. The zero-order chi connectivity index (χ0) is 12.8. The Hall–Kier alpha value is -1.16. The Morgan fingerprint density at radius 2 is 2.24 bits per heavy atom. The number of rotatable bonds is 5. The summed E-state index contributed by atoms with van der Waals surface area (Å²) in [5.41, 5.74) is 7.56. The fourth-order valence-corrected chi connectivity index (χ4v) is 2.00. The van der Waals surface area contributed by atoms with Gasteiger partial charge in [0.1, 0.15) is 0 Å². The van der Waals surface area contributed by atoms with Gasteiger partial charge in [-0.05, 0) is 30.9 Å². The topological polar surface area (TPSA) is 46.3 Å². The minimum atomic E-state index is 0.0628. The van der Waals surface area contributed by atoms with Crippen molar-refractivity contribution in [3.8, 4) is 0 Å². The first kappa shape index (κ1) is 13.9. The first-order valence-corrected chi connectivity index (χ1v) is 7.05. The molecule has 1 aromatic rings. The van der Waals surface area contributed by atoms with Gasteiger partial charge in [0.05, 0.1) is 6.04 Å². The van der Waals surface area contributed by atoms with Crippen molar-refractivity contribution in [2.45, 2.75) is 19.4 Å². The van der Waals surface area contributed by atoms with E-state index in [9.17, 15) is 4.79 Å². The molecule has 0 heterocycles. The minimum absolute atomic E-state index is 0.0628. The molecule has 1 amide bonds. The van der Waals surface area contributed by atoms with Crippen LogP contribution in [0.25, 0.3) is 0 Å². The monoisotopic (exact) mass is 252 g/mol. The molecule has 1 rings (SSSR count). The van der Waals surface area contributed by atoms with Crippen molar-refractivity contribution in [1.29, 1.82) is 0 Å². The van der Waals surface area contributed by atoms with Gasteiger partial charge in [0, 0.05) is 24.9 Å². The van der Waals surface area contributed by atoms with Crippen LogP contribution >= 0.6 is 11.8 Å². The van der Waals surface area contributed by atoms with Crippen molar-refractivity contribution in [3.63, 3.8) is 0 Å². The molecule has 1 atom stereocenters. The second-order valence-corrected chi connectivity index (χ2v) is 5.08. The molecule has 0 aliphatic heterocycles. The van der Waals surface area contributed by atoms with Crippen LogP contribution in [-0.2, 0) is 4.79 Å². The largest absolute Gasteiger partial charge is 0.399 e. The number of benzene rings is 1. The van der Waals surface area contributed by atoms with Gasteiger partial charge in [-0.15, -0.1) is 0 Å². The molecule has 0 saturated heterocycles. The Morgan fingerprint density at radius 1 is 1.53 bits per heavy atom. The molecule has 2 N–H and O–H groups in total. The Kier molecular flexibility index (Phi) is 5.35. The number of anilines is 1. The van der Waals surface area contributed by atoms with E-state index in [0.29, 0.717) is 6.42 Å².